The van der Waals surface area contributed by atoms with Gasteiger partial charge >= 0.3 is 0 Å². The molecule has 7 nitrogen and oxygen atoms in total. The van der Waals surface area contributed by atoms with Crippen LogP contribution in [-0.4, -0.2) is 84.7 Å². The van der Waals surface area contributed by atoms with E-state index >= 15 is 0 Å². The Labute approximate surface area is 200 Å². The minimum atomic E-state index is -0.199. The van der Waals surface area contributed by atoms with E-state index in [1.54, 1.807) is 13.4 Å². The van der Waals surface area contributed by atoms with Crippen molar-refractivity contribution in [2.75, 3.05) is 57.8 Å². The number of likely N-dealkylation sites (tertiary alicyclic amines) is 1. The van der Waals surface area contributed by atoms with Crippen molar-refractivity contribution in [2.45, 2.75) is 37.7 Å². The van der Waals surface area contributed by atoms with Crippen molar-refractivity contribution in [2.24, 2.45) is 0 Å². The highest BCUT2D eigenvalue weighted by Gasteiger charge is 2.35. The first kappa shape index (κ1) is 22.6. The normalized spacial score (nSPS) is 22.2. The Balaban J connectivity index is 1.28. The van der Waals surface area contributed by atoms with Gasteiger partial charge in [0.15, 0.2) is 0 Å². The number of ether oxygens (including phenoxy) is 1. The lowest BCUT2D eigenvalue weighted by Crippen LogP contribution is -2.55. The number of methoxy groups -OCH3 is 1. The molecular formula is C25H32ClN5O2. The van der Waals surface area contributed by atoms with E-state index in [1.807, 2.05) is 29.2 Å². The lowest BCUT2D eigenvalue weighted by atomic mass is 9.94. The highest BCUT2D eigenvalue weighted by atomic mass is 35.5. The number of benzene rings is 1. The summed E-state index contributed by atoms with van der Waals surface area (Å²) >= 11 is 6.11. The molecule has 0 N–H and O–H groups in total. The van der Waals surface area contributed by atoms with Crippen molar-refractivity contribution in [1.29, 1.82) is 0 Å². The van der Waals surface area contributed by atoms with Gasteiger partial charge in [-0.25, -0.2) is 9.97 Å². The Kier molecular flexibility index (Phi) is 6.54. The Morgan fingerprint density at radius 1 is 1.15 bits per heavy atom. The SMILES string of the molecule is COC1CN(CC(C(=O)N2CCN(c3ncnc4c3[C@H](C)CC4)CC2)c2ccc(Cl)cc2)C1. The second kappa shape index (κ2) is 9.57. The number of amides is 1. The van der Waals surface area contributed by atoms with Gasteiger partial charge in [-0.1, -0.05) is 30.7 Å². The van der Waals surface area contributed by atoms with Crippen LogP contribution < -0.4 is 4.90 Å². The molecule has 1 amide bonds. The second-order valence-corrected chi connectivity index (χ2v) is 9.93. The van der Waals surface area contributed by atoms with Crippen molar-refractivity contribution in [3.05, 3.63) is 52.4 Å². The molecule has 0 saturated carbocycles. The maximum Gasteiger partial charge on any atom is 0.231 e. The maximum atomic E-state index is 13.7. The molecular weight excluding hydrogens is 438 g/mol. The molecule has 176 valence electrons. The van der Waals surface area contributed by atoms with Crippen LogP contribution in [0.1, 0.15) is 42.0 Å². The quantitative estimate of drug-likeness (QED) is 0.648. The van der Waals surface area contributed by atoms with Gasteiger partial charge in [-0.05, 0) is 36.5 Å². The summed E-state index contributed by atoms with van der Waals surface area (Å²) in [4.78, 5) is 29.5. The third-order valence-corrected chi connectivity index (χ3v) is 7.66. The van der Waals surface area contributed by atoms with Crippen molar-refractivity contribution in [1.82, 2.24) is 19.8 Å². The van der Waals surface area contributed by atoms with Gasteiger partial charge in [-0.3, -0.25) is 9.69 Å². The Hall–Kier alpha value is -2.22. The van der Waals surface area contributed by atoms with Crippen molar-refractivity contribution in [3.63, 3.8) is 0 Å². The zero-order valence-corrected chi connectivity index (χ0v) is 20.2. The molecule has 0 spiro atoms. The zero-order chi connectivity index (χ0) is 22.9. The number of piperazine rings is 1. The number of halogens is 1. The summed E-state index contributed by atoms with van der Waals surface area (Å²) in [5.41, 5.74) is 3.52. The van der Waals surface area contributed by atoms with Crippen LogP contribution in [0, 0.1) is 0 Å². The number of hydrogen-bond donors (Lipinski definition) is 0. The topological polar surface area (TPSA) is 61.8 Å². The molecule has 2 atom stereocenters. The summed E-state index contributed by atoms with van der Waals surface area (Å²) in [5, 5.41) is 0.688. The van der Waals surface area contributed by atoms with Gasteiger partial charge < -0.3 is 14.5 Å². The van der Waals surface area contributed by atoms with E-state index in [-0.39, 0.29) is 17.9 Å². The van der Waals surface area contributed by atoms with E-state index in [9.17, 15) is 4.79 Å². The third kappa shape index (κ3) is 4.59. The summed E-state index contributed by atoms with van der Waals surface area (Å²) in [6.07, 6.45) is 4.14. The molecule has 5 rings (SSSR count). The van der Waals surface area contributed by atoms with Crippen molar-refractivity contribution >= 4 is 23.3 Å². The summed E-state index contributed by atoms with van der Waals surface area (Å²) in [5.74, 6) is 1.56. The lowest BCUT2D eigenvalue weighted by molar-refractivity contribution is -0.134. The van der Waals surface area contributed by atoms with Gasteiger partial charge in [0.05, 0.1) is 12.0 Å². The number of aromatic nitrogens is 2. The molecule has 1 aromatic carbocycles. The number of carbonyl (C=O) groups excluding carboxylic acids is 1. The van der Waals surface area contributed by atoms with Crippen molar-refractivity contribution in [3.8, 4) is 0 Å². The molecule has 3 heterocycles. The smallest absolute Gasteiger partial charge is 0.231 e. The summed E-state index contributed by atoms with van der Waals surface area (Å²) in [6.45, 7) is 7.72. The highest BCUT2D eigenvalue weighted by molar-refractivity contribution is 6.30. The van der Waals surface area contributed by atoms with E-state index in [0.717, 1.165) is 50.4 Å². The number of fused-ring (bicyclic) bond motifs is 1. The monoisotopic (exact) mass is 469 g/mol. The van der Waals surface area contributed by atoms with Crippen LogP contribution in [0.5, 0.6) is 0 Å². The molecule has 0 radical (unpaired) electrons. The molecule has 1 unspecified atom stereocenters. The van der Waals surface area contributed by atoms with E-state index in [4.69, 9.17) is 16.3 Å². The van der Waals surface area contributed by atoms with Crippen molar-refractivity contribution < 1.29 is 9.53 Å². The standard InChI is InChI=1S/C25H32ClN5O2/c1-17-3-8-22-23(17)24(28-16-27-22)30-9-11-31(12-10-30)25(32)21(15-29-13-20(14-29)33-2)18-4-6-19(26)7-5-18/h4-7,16-17,20-21H,3,8-15H2,1-2H3/t17-,21?/m1/s1. The van der Waals surface area contributed by atoms with Gasteiger partial charge in [0.25, 0.3) is 0 Å². The molecule has 1 aromatic heterocycles. The Morgan fingerprint density at radius 2 is 1.88 bits per heavy atom. The fourth-order valence-corrected chi connectivity index (χ4v) is 5.46. The molecule has 2 saturated heterocycles. The number of aryl methyl sites for hydroxylation is 1. The van der Waals surface area contributed by atoms with Gasteiger partial charge in [-0.2, -0.15) is 0 Å². The third-order valence-electron chi connectivity index (χ3n) is 7.41. The molecule has 33 heavy (non-hydrogen) atoms. The minimum Gasteiger partial charge on any atom is -0.379 e. The number of hydrogen-bond acceptors (Lipinski definition) is 6. The molecule has 3 aliphatic rings. The van der Waals surface area contributed by atoms with Crippen LogP contribution in [-0.2, 0) is 16.0 Å². The number of nitrogens with zero attached hydrogens (tertiary/aromatic N) is 5. The maximum absolute atomic E-state index is 13.7. The molecule has 8 heteroatoms. The van der Waals surface area contributed by atoms with E-state index < -0.39 is 0 Å². The first-order chi connectivity index (χ1) is 16.0. The van der Waals surface area contributed by atoms with E-state index in [0.29, 0.717) is 30.6 Å². The average molecular weight is 470 g/mol. The number of carbonyl (C=O) groups is 1. The highest BCUT2D eigenvalue weighted by Crippen LogP contribution is 2.37. The van der Waals surface area contributed by atoms with E-state index in [2.05, 4.69) is 26.7 Å². The molecule has 2 aromatic rings. The van der Waals surface area contributed by atoms with Gasteiger partial charge in [-0.15, -0.1) is 0 Å². The van der Waals surface area contributed by atoms with Crippen LogP contribution >= 0.6 is 11.6 Å². The van der Waals surface area contributed by atoms with Crippen LogP contribution in [0.2, 0.25) is 5.02 Å². The van der Waals surface area contributed by atoms with Gasteiger partial charge in [0, 0.05) is 69.2 Å². The van der Waals surface area contributed by atoms with Crippen LogP contribution in [0.15, 0.2) is 30.6 Å². The predicted octanol–water partition coefficient (Wildman–Crippen LogP) is 2.94. The number of anilines is 1. The molecule has 0 bridgehead atoms. The summed E-state index contributed by atoms with van der Waals surface area (Å²) in [7, 11) is 1.75. The predicted molar refractivity (Wildman–Crippen MR) is 129 cm³/mol. The largest absolute Gasteiger partial charge is 0.379 e. The first-order valence-electron chi connectivity index (χ1n) is 11.9. The zero-order valence-electron chi connectivity index (χ0n) is 19.4. The minimum absolute atomic E-state index is 0.194. The number of rotatable bonds is 6. The molecule has 2 aliphatic heterocycles. The first-order valence-corrected chi connectivity index (χ1v) is 12.3. The lowest BCUT2D eigenvalue weighted by Gasteiger charge is -2.42. The fourth-order valence-electron chi connectivity index (χ4n) is 5.33. The molecule has 1 aliphatic carbocycles. The average Bonchev–Trinajstić information content (AvgIpc) is 3.20. The van der Waals surface area contributed by atoms with Gasteiger partial charge in [0.2, 0.25) is 5.91 Å². The van der Waals surface area contributed by atoms with Crippen LogP contribution in [0.4, 0.5) is 5.82 Å². The fraction of sp³-hybridized carbons (Fsp3) is 0.560. The van der Waals surface area contributed by atoms with Gasteiger partial charge in [0.1, 0.15) is 12.1 Å². The second-order valence-electron chi connectivity index (χ2n) is 9.49. The Morgan fingerprint density at radius 3 is 2.58 bits per heavy atom. The summed E-state index contributed by atoms with van der Waals surface area (Å²) < 4.78 is 5.42. The molecule has 2 fully saturated rings. The van der Waals surface area contributed by atoms with Crippen LogP contribution in [0.25, 0.3) is 0 Å². The van der Waals surface area contributed by atoms with E-state index in [1.165, 1.54) is 11.3 Å². The summed E-state index contributed by atoms with van der Waals surface area (Å²) in [6, 6.07) is 7.72. The Bertz CT molecular complexity index is 987. The van der Waals surface area contributed by atoms with Crippen LogP contribution in [0.3, 0.4) is 0 Å².